The minimum Gasteiger partial charge on any atom is -0.463 e. The monoisotopic (exact) mass is 380 g/mol. The summed E-state index contributed by atoms with van der Waals surface area (Å²) in [7, 11) is 0. The molecule has 138 valence electrons. The van der Waals surface area contributed by atoms with Crippen LogP contribution in [-0.4, -0.2) is 10.9 Å². The first-order valence-electron chi connectivity index (χ1n) is 9.21. The van der Waals surface area contributed by atoms with E-state index in [0.717, 1.165) is 42.5 Å². The summed E-state index contributed by atoms with van der Waals surface area (Å²) in [6, 6.07) is 15.2. The molecule has 0 bridgehead atoms. The number of aromatic nitrogens is 1. The molecule has 1 aromatic carbocycles. The van der Waals surface area contributed by atoms with Gasteiger partial charge in [0.2, 0.25) is 5.91 Å². The van der Waals surface area contributed by atoms with Gasteiger partial charge in [-0.3, -0.25) is 9.78 Å². The Morgan fingerprint density at radius 3 is 2.59 bits per heavy atom. The molecule has 27 heavy (non-hydrogen) atoms. The highest BCUT2D eigenvalue weighted by molar-refractivity contribution is 6.30. The third-order valence-corrected chi connectivity index (χ3v) is 5.63. The summed E-state index contributed by atoms with van der Waals surface area (Å²) in [4.78, 5) is 17.7. The van der Waals surface area contributed by atoms with Crippen LogP contribution in [0.5, 0.6) is 0 Å². The van der Waals surface area contributed by atoms with E-state index in [1.54, 1.807) is 12.5 Å². The summed E-state index contributed by atoms with van der Waals surface area (Å²) in [5, 5.41) is 3.83. The van der Waals surface area contributed by atoms with Gasteiger partial charge in [-0.05, 0) is 48.7 Å². The topological polar surface area (TPSA) is 55.1 Å². The van der Waals surface area contributed by atoms with Crippen LogP contribution >= 0.6 is 11.6 Å². The van der Waals surface area contributed by atoms with Gasteiger partial charge in [-0.15, -0.1) is 0 Å². The fraction of sp³-hybridized carbons (Fsp3) is 0.273. The summed E-state index contributed by atoms with van der Waals surface area (Å²) >= 11 is 6.03. The van der Waals surface area contributed by atoms with Gasteiger partial charge in [-0.2, -0.15) is 0 Å². The number of benzene rings is 1. The predicted octanol–water partition coefficient (Wildman–Crippen LogP) is 5.12. The SMILES string of the molecule is O=C(NCc1cccnc1-c1ccco1)C1(c2ccc(Cl)cc2)CCCC1. The molecule has 0 spiro atoms. The zero-order chi connectivity index (χ0) is 18.7. The van der Waals surface area contributed by atoms with E-state index in [9.17, 15) is 4.79 Å². The fourth-order valence-corrected chi connectivity index (χ4v) is 4.08. The minimum absolute atomic E-state index is 0.0663. The third kappa shape index (κ3) is 3.50. The zero-order valence-corrected chi connectivity index (χ0v) is 15.7. The van der Waals surface area contributed by atoms with Crippen LogP contribution < -0.4 is 5.32 Å². The van der Waals surface area contributed by atoms with Gasteiger partial charge in [0, 0.05) is 23.3 Å². The van der Waals surface area contributed by atoms with Gasteiger partial charge in [0.15, 0.2) is 5.76 Å². The second-order valence-corrected chi connectivity index (χ2v) is 7.40. The van der Waals surface area contributed by atoms with E-state index < -0.39 is 5.41 Å². The molecule has 1 N–H and O–H groups in total. The van der Waals surface area contributed by atoms with Gasteiger partial charge in [-0.25, -0.2) is 0 Å². The number of carbonyl (C=O) groups excluding carboxylic acids is 1. The number of amides is 1. The Labute approximate surface area is 163 Å². The van der Waals surface area contributed by atoms with Crippen LogP contribution in [0.1, 0.15) is 36.8 Å². The van der Waals surface area contributed by atoms with E-state index in [1.165, 1.54) is 0 Å². The molecule has 4 rings (SSSR count). The number of carbonyl (C=O) groups is 1. The maximum absolute atomic E-state index is 13.2. The van der Waals surface area contributed by atoms with Crippen molar-refractivity contribution in [1.29, 1.82) is 0 Å². The minimum atomic E-state index is -0.475. The molecule has 2 heterocycles. The van der Waals surface area contributed by atoms with E-state index in [4.69, 9.17) is 16.0 Å². The summed E-state index contributed by atoms with van der Waals surface area (Å²) in [6.07, 6.45) is 7.19. The number of halogens is 1. The van der Waals surface area contributed by atoms with Gasteiger partial charge in [0.25, 0.3) is 0 Å². The number of furan rings is 1. The Hall–Kier alpha value is -2.59. The molecular weight excluding hydrogens is 360 g/mol. The first kappa shape index (κ1) is 17.8. The summed E-state index contributed by atoms with van der Waals surface area (Å²) in [5.41, 5.74) is 2.26. The van der Waals surface area contributed by atoms with Crippen molar-refractivity contribution in [2.45, 2.75) is 37.6 Å². The van der Waals surface area contributed by atoms with Gasteiger partial charge >= 0.3 is 0 Å². The maximum atomic E-state index is 13.2. The number of nitrogens with zero attached hydrogens (tertiary/aromatic N) is 1. The Kier molecular flexibility index (Phi) is 4.99. The number of hydrogen-bond donors (Lipinski definition) is 1. The van der Waals surface area contributed by atoms with Gasteiger partial charge < -0.3 is 9.73 Å². The van der Waals surface area contributed by atoms with Crippen molar-refractivity contribution in [1.82, 2.24) is 10.3 Å². The molecule has 2 aromatic heterocycles. The lowest BCUT2D eigenvalue weighted by atomic mass is 9.78. The van der Waals surface area contributed by atoms with Crippen molar-refractivity contribution in [3.8, 4) is 11.5 Å². The van der Waals surface area contributed by atoms with Gasteiger partial charge in [-0.1, -0.05) is 42.6 Å². The molecule has 1 amide bonds. The predicted molar refractivity (Wildman–Crippen MR) is 105 cm³/mol. The number of hydrogen-bond acceptors (Lipinski definition) is 3. The van der Waals surface area contributed by atoms with Crippen molar-refractivity contribution in [2.75, 3.05) is 0 Å². The summed E-state index contributed by atoms with van der Waals surface area (Å²) in [6.45, 7) is 0.415. The molecule has 1 aliphatic rings. The summed E-state index contributed by atoms with van der Waals surface area (Å²) < 4.78 is 5.48. The smallest absolute Gasteiger partial charge is 0.230 e. The standard InChI is InChI=1S/C22H21ClN2O2/c23-18-9-7-17(8-10-18)22(11-1-2-12-22)21(26)25-15-16-5-3-13-24-20(16)19-6-4-14-27-19/h3-10,13-14H,1-2,11-12,15H2,(H,25,26). The third-order valence-electron chi connectivity index (χ3n) is 5.37. The van der Waals surface area contributed by atoms with E-state index in [2.05, 4.69) is 10.3 Å². The molecule has 0 atom stereocenters. The fourth-order valence-electron chi connectivity index (χ4n) is 3.96. The van der Waals surface area contributed by atoms with E-state index in [-0.39, 0.29) is 5.91 Å². The van der Waals surface area contributed by atoms with Crippen LogP contribution in [0.3, 0.4) is 0 Å². The first-order valence-corrected chi connectivity index (χ1v) is 9.59. The Morgan fingerprint density at radius 1 is 1.11 bits per heavy atom. The van der Waals surface area contributed by atoms with E-state index in [0.29, 0.717) is 17.3 Å². The van der Waals surface area contributed by atoms with Crippen LogP contribution in [0.15, 0.2) is 65.4 Å². The van der Waals surface area contributed by atoms with Crippen LogP contribution in [-0.2, 0) is 16.8 Å². The van der Waals surface area contributed by atoms with Crippen LogP contribution in [0.4, 0.5) is 0 Å². The largest absolute Gasteiger partial charge is 0.463 e. The summed E-state index contributed by atoms with van der Waals surface area (Å²) in [5.74, 6) is 0.768. The molecule has 0 radical (unpaired) electrons. The highest BCUT2D eigenvalue weighted by atomic mass is 35.5. The highest BCUT2D eigenvalue weighted by Gasteiger charge is 2.42. The lowest BCUT2D eigenvalue weighted by molar-refractivity contribution is -0.126. The van der Waals surface area contributed by atoms with Crippen LogP contribution in [0.2, 0.25) is 5.02 Å². The van der Waals surface area contributed by atoms with Crippen molar-refractivity contribution >= 4 is 17.5 Å². The lowest BCUT2D eigenvalue weighted by Gasteiger charge is -2.28. The van der Waals surface area contributed by atoms with Crippen LogP contribution in [0, 0.1) is 0 Å². The second kappa shape index (κ2) is 7.57. The van der Waals surface area contributed by atoms with Crippen molar-refractivity contribution in [3.63, 3.8) is 0 Å². The molecule has 5 heteroatoms. The molecule has 1 fully saturated rings. The molecule has 0 saturated heterocycles. The zero-order valence-electron chi connectivity index (χ0n) is 15.0. The number of rotatable bonds is 5. The number of nitrogens with one attached hydrogen (secondary N) is 1. The second-order valence-electron chi connectivity index (χ2n) is 6.97. The number of pyridine rings is 1. The van der Waals surface area contributed by atoms with Crippen LogP contribution in [0.25, 0.3) is 11.5 Å². The van der Waals surface area contributed by atoms with E-state index >= 15 is 0 Å². The molecular formula is C22H21ClN2O2. The van der Waals surface area contributed by atoms with Gasteiger partial charge in [0.1, 0.15) is 5.69 Å². The molecule has 4 nitrogen and oxygen atoms in total. The van der Waals surface area contributed by atoms with Gasteiger partial charge in [0.05, 0.1) is 11.7 Å². The van der Waals surface area contributed by atoms with Crippen molar-refractivity contribution in [2.24, 2.45) is 0 Å². The molecule has 0 aliphatic heterocycles. The Balaban J connectivity index is 1.56. The van der Waals surface area contributed by atoms with Crippen molar-refractivity contribution in [3.05, 3.63) is 77.1 Å². The molecule has 0 unspecified atom stereocenters. The highest BCUT2D eigenvalue weighted by Crippen LogP contribution is 2.41. The maximum Gasteiger partial charge on any atom is 0.230 e. The van der Waals surface area contributed by atoms with E-state index in [1.807, 2.05) is 48.5 Å². The average Bonchev–Trinajstić information content (AvgIpc) is 3.39. The average molecular weight is 381 g/mol. The molecule has 3 aromatic rings. The van der Waals surface area contributed by atoms with Crippen molar-refractivity contribution < 1.29 is 9.21 Å². The first-order chi connectivity index (χ1) is 13.2. The quantitative estimate of drug-likeness (QED) is 0.668. The molecule has 1 aliphatic carbocycles. The lowest BCUT2D eigenvalue weighted by Crippen LogP contribution is -2.42. The Morgan fingerprint density at radius 2 is 1.89 bits per heavy atom. The normalized spacial score (nSPS) is 15.6. The molecule has 1 saturated carbocycles. The Bertz CT molecular complexity index is 914.